The highest BCUT2D eigenvalue weighted by atomic mass is 16.1. The van der Waals surface area contributed by atoms with Crippen molar-refractivity contribution in [3.63, 3.8) is 0 Å². The molecule has 0 aromatic heterocycles. The smallest absolute Gasteiger partial charge is 0.234 e. The van der Waals surface area contributed by atoms with Gasteiger partial charge < -0.3 is 15.8 Å². The third kappa shape index (κ3) is 15.4. The average molecular weight is 352 g/mol. The lowest BCUT2D eigenvalue weighted by atomic mass is 10.2. The van der Waals surface area contributed by atoms with Crippen LogP contribution in [0.3, 0.4) is 0 Å². The SMILES string of the molecule is CC.CC(C)C.CN1CCC[C@H]1C(N)=O.O=CCNc1ccccc1. The fourth-order valence-corrected chi connectivity index (χ4v) is 1.99. The molecule has 3 N–H and O–H groups in total. The Kier molecular flexibility index (Phi) is 17.2. The highest BCUT2D eigenvalue weighted by molar-refractivity contribution is 5.80. The van der Waals surface area contributed by atoms with Crippen molar-refractivity contribution in [1.29, 1.82) is 0 Å². The molecule has 0 aliphatic carbocycles. The minimum absolute atomic E-state index is 0.00463. The Balaban J connectivity index is 0. The molecule has 1 aromatic rings. The molecule has 1 aromatic carbocycles. The van der Waals surface area contributed by atoms with E-state index in [1.54, 1.807) is 0 Å². The fraction of sp³-hybridized carbons (Fsp3) is 0.600. The first-order chi connectivity index (χ1) is 11.9. The number of rotatable bonds is 4. The number of anilines is 1. The van der Waals surface area contributed by atoms with Gasteiger partial charge in [0.15, 0.2) is 0 Å². The minimum atomic E-state index is -0.185. The van der Waals surface area contributed by atoms with Crippen molar-refractivity contribution >= 4 is 17.9 Å². The van der Waals surface area contributed by atoms with Gasteiger partial charge in [0.05, 0.1) is 12.6 Å². The van der Waals surface area contributed by atoms with Gasteiger partial charge in [-0.05, 0) is 44.5 Å². The van der Waals surface area contributed by atoms with Crippen LogP contribution in [0.15, 0.2) is 30.3 Å². The average Bonchev–Trinajstić information content (AvgIpc) is 3.02. The van der Waals surface area contributed by atoms with Crippen LogP contribution in [0.1, 0.15) is 47.5 Å². The summed E-state index contributed by atoms with van der Waals surface area (Å²) in [5.41, 5.74) is 6.09. The Morgan fingerprint density at radius 2 is 1.80 bits per heavy atom. The molecule has 0 bridgehead atoms. The summed E-state index contributed by atoms with van der Waals surface area (Å²) in [6.07, 6.45) is 2.88. The van der Waals surface area contributed by atoms with E-state index < -0.39 is 0 Å². The number of carbonyl (C=O) groups is 2. The molecule has 1 heterocycles. The van der Waals surface area contributed by atoms with Crippen LogP contribution < -0.4 is 11.1 Å². The maximum Gasteiger partial charge on any atom is 0.234 e. The first-order valence-electron chi connectivity index (χ1n) is 9.10. The van der Waals surface area contributed by atoms with Crippen LogP contribution >= 0.6 is 0 Å². The van der Waals surface area contributed by atoms with Crippen molar-refractivity contribution in [3.05, 3.63) is 30.3 Å². The lowest BCUT2D eigenvalue weighted by Crippen LogP contribution is -2.37. The van der Waals surface area contributed by atoms with Gasteiger partial charge in [0, 0.05) is 5.69 Å². The minimum Gasteiger partial charge on any atom is -0.378 e. The van der Waals surface area contributed by atoms with Gasteiger partial charge in [0.25, 0.3) is 0 Å². The topological polar surface area (TPSA) is 75.4 Å². The summed E-state index contributed by atoms with van der Waals surface area (Å²) >= 11 is 0. The van der Waals surface area contributed by atoms with Gasteiger partial charge in [-0.25, -0.2) is 0 Å². The summed E-state index contributed by atoms with van der Waals surface area (Å²) in [5, 5.41) is 2.93. The normalized spacial score (nSPS) is 15.6. The molecular formula is C20H37N3O2. The summed E-state index contributed by atoms with van der Waals surface area (Å²) in [7, 11) is 1.93. The number of amides is 1. The van der Waals surface area contributed by atoms with Crippen LogP contribution in [0, 0.1) is 5.92 Å². The molecule has 25 heavy (non-hydrogen) atoms. The number of nitrogens with one attached hydrogen (secondary N) is 1. The number of primary amides is 1. The Labute approximate surface area is 154 Å². The van der Waals surface area contributed by atoms with Crippen LogP contribution in [0.25, 0.3) is 0 Å². The lowest BCUT2D eigenvalue weighted by Gasteiger charge is -2.14. The molecule has 1 saturated heterocycles. The second-order valence-corrected chi connectivity index (χ2v) is 6.19. The van der Waals surface area contributed by atoms with E-state index in [2.05, 4.69) is 26.1 Å². The van der Waals surface area contributed by atoms with Gasteiger partial charge in [-0.2, -0.15) is 0 Å². The summed E-state index contributed by atoms with van der Waals surface area (Å²) in [4.78, 5) is 22.5. The standard InChI is InChI=1S/C8H9NO.C6H12N2O.C4H10.C2H6/c10-7-6-9-8-4-2-1-3-5-8;1-8-4-2-3-5(8)6(7)9;1-4(2)3;1-2/h1-5,7,9H,6H2;5H,2-4H2,1H3,(H2,7,9);4H,1-3H3;1-2H3/t;5-;;/m.0../s1. The molecule has 0 spiro atoms. The van der Waals surface area contributed by atoms with Crippen molar-refractivity contribution < 1.29 is 9.59 Å². The van der Waals surface area contributed by atoms with Gasteiger partial charge in [0.1, 0.15) is 6.29 Å². The van der Waals surface area contributed by atoms with E-state index in [0.29, 0.717) is 6.54 Å². The predicted molar refractivity (Wildman–Crippen MR) is 108 cm³/mol. The Bertz CT molecular complexity index is 433. The summed E-state index contributed by atoms with van der Waals surface area (Å²) < 4.78 is 0. The molecule has 5 nitrogen and oxygen atoms in total. The number of carbonyl (C=O) groups excluding carboxylic acids is 2. The number of benzene rings is 1. The molecule has 0 saturated carbocycles. The Morgan fingerprint density at radius 3 is 2.12 bits per heavy atom. The first-order valence-corrected chi connectivity index (χ1v) is 9.10. The van der Waals surface area contributed by atoms with Crippen LogP contribution in [-0.2, 0) is 9.59 Å². The zero-order chi connectivity index (χ0) is 19.7. The van der Waals surface area contributed by atoms with Crippen molar-refractivity contribution in [2.24, 2.45) is 11.7 Å². The van der Waals surface area contributed by atoms with Gasteiger partial charge in [-0.15, -0.1) is 0 Å². The third-order valence-electron chi connectivity index (χ3n) is 3.01. The Morgan fingerprint density at radius 1 is 1.28 bits per heavy atom. The van der Waals surface area contributed by atoms with E-state index in [0.717, 1.165) is 37.3 Å². The van der Waals surface area contributed by atoms with Crippen molar-refractivity contribution in [1.82, 2.24) is 4.90 Å². The number of hydrogen-bond donors (Lipinski definition) is 2. The first kappa shape index (κ1) is 25.4. The van der Waals surface area contributed by atoms with Gasteiger partial charge in [-0.3, -0.25) is 9.69 Å². The van der Waals surface area contributed by atoms with Crippen molar-refractivity contribution in [2.75, 3.05) is 25.5 Å². The van der Waals surface area contributed by atoms with E-state index in [4.69, 9.17) is 5.73 Å². The number of hydrogen-bond acceptors (Lipinski definition) is 4. The van der Waals surface area contributed by atoms with Crippen LogP contribution in [0.4, 0.5) is 5.69 Å². The maximum atomic E-state index is 10.6. The number of nitrogens with two attached hydrogens (primary N) is 1. The largest absolute Gasteiger partial charge is 0.378 e. The van der Waals surface area contributed by atoms with E-state index >= 15 is 0 Å². The molecule has 0 unspecified atom stereocenters. The molecule has 1 amide bonds. The van der Waals surface area contributed by atoms with E-state index in [1.807, 2.05) is 56.1 Å². The highest BCUT2D eigenvalue weighted by Gasteiger charge is 2.24. The van der Waals surface area contributed by atoms with Crippen molar-refractivity contribution in [3.8, 4) is 0 Å². The van der Waals surface area contributed by atoms with E-state index in [1.165, 1.54) is 0 Å². The van der Waals surface area contributed by atoms with Crippen LogP contribution in [0.2, 0.25) is 0 Å². The predicted octanol–water partition coefficient (Wildman–Crippen LogP) is 3.55. The fourth-order valence-electron chi connectivity index (χ4n) is 1.99. The number of likely N-dealkylation sites (tertiary alicyclic amines) is 1. The quantitative estimate of drug-likeness (QED) is 0.814. The molecule has 1 fully saturated rings. The van der Waals surface area contributed by atoms with Crippen molar-refractivity contribution in [2.45, 2.75) is 53.5 Å². The lowest BCUT2D eigenvalue weighted by molar-refractivity contribution is -0.121. The Hall–Kier alpha value is -1.88. The number of para-hydroxylation sites is 1. The highest BCUT2D eigenvalue weighted by Crippen LogP contribution is 2.13. The van der Waals surface area contributed by atoms with Crippen LogP contribution in [0.5, 0.6) is 0 Å². The summed E-state index contributed by atoms with van der Waals surface area (Å²) in [6.45, 7) is 11.9. The van der Waals surface area contributed by atoms with E-state index in [9.17, 15) is 9.59 Å². The third-order valence-corrected chi connectivity index (χ3v) is 3.01. The number of likely N-dealkylation sites (N-methyl/N-ethyl adjacent to an activating group) is 1. The van der Waals surface area contributed by atoms with Crippen LogP contribution in [-0.4, -0.2) is 43.3 Å². The summed E-state index contributed by atoms with van der Waals surface area (Å²) in [5.74, 6) is 0.648. The van der Waals surface area contributed by atoms with Gasteiger partial charge in [0.2, 0.25) is 5.91 Å². The molecule has 144 valence electrons. The maximum absolute atomic E-state index is 10.6. The molecule has 1 atom stereocenters. The van der Waals surface area contributed by atoms with Gasteiger partial charge in [-0.1, -0.05) is 52.8 Å². The van der Waals surface area contributed by atoms with Gasteiger partial charge >= 0.3 is 0 Å². The second-order valence-electron chi connectivity index (χ2n) is 6.19. The molecule has 0 radical (unpaired) electrons. The number of nitrogens with zero attached hydrogens (tertiary/aromatic N) is 1. The molecule has 1 aliphatic heterocycles. The molecular weight excluding hydrogens is 314 g/mol. The monoisotopic (exact) mass is 351 g/mol. The zero-order valence-electron chi connectivity index (χ0n) is 16.8. The summed E-state index contributed by atoms with van der Waals surface area (Å²) in [6, 6.07) is 9.63. The molecule has 1 aliphatic rings. The van der Waals surface area contributed by atoms with E-state index in [-0.39, 0.29) is 11.9 Å². The zero-order valence-corrected chi connectivity index (χ0v) is 16.8. The molecule has 5 heteroatoms. The second kappa shape index (κ2) is 17.0. The molecule has 2 rings (SSSR count). The number of aldehydes is 1.